The van der Waals surface area contributed by atoms with E-state index in [1.165, 1.54) is 0 Å². The molecule has 0 aromatic carbocycles. The summed E-state index contributed by atoms with van der Waals surface area (Å²) in [5.74, 6) is 0. The Morgan fingerprint density at radius 3 is 1.00 bits per heavy atom. The van der Waals surface area contributed by atoms with Crippen LogP contribution >= 0.6 is 12.4 Å². The molecule has 0 heterocycles. The molecule has 10 heteroatoms. The van der Waals surface area contributed by atoms with Crippen LogP contribution < -0.4 is 0 Å². The fourth-order valence-corrected chi connectivity index (χ4v) is 0. The van der Waals surface area contributed by atoms with Gasteiger partial charge in [0, 0.05) is 0 Å². The van der Waals surface area contributed by atoms with Crippen LogP contribution in [0.4, 0.5) is 0 Å². The monoisotopic (exact) mass is 188 g/mol. The first kappa shape index (κ1) is 22.7. The highest BCUT2D eigenvalue weighted by Gasteiger charge is 1.65. The zero-order chi connectivity index (χ0) is 7.15. The molecule has 0 aliphatic rings. The second kappa shape index (κ2) is 15.8. The van der Waals surface area contributed by atoms with E-state index in [4.69, 9.17) is 30.6 Å². The molecule has 0 aromatic heterocycles. The zero-order valence-electron chi connectivity index (χ0n) is 3.83. The average molecular weight is 189 g/mol. The standard InChI is InChI=1S/ClH.Mg.2HNO3.2H/c;;2*2-1(3)4;;/h1H;;2*(H,2,3,4);;. The SMILES string of the molecule is Cl.O=[N+]([O-])O.O=[N+]([O-])O.[MgH2]. The van der Waals surface area contributed by atoms with E-state index in [0.29, 0.717) is 0 Å². The molecule has 0 aliphatic carbocycles. The van der Waals surface area contributed by atoms with Gasteiger partial charge in [0.25, 0.3) is 10.2 Å². The molecule has 0 radical (unpaired) electrons. The summed E-state index contributed by atoms with van der Waals surface area (Å²) < 4.78 is 0. The molecular weight excluding hydrogens is 184 g/mol. The molecule has 0 aliphatic heterocycles. The van der Waals surface area contributed by atoms with Crippen LogP contribution in [-0.4, -0.2) is 43.6 Å². The molecule has 0 saturated heterocycles. The van der Waals surface area contributed by atoms with Crippen LogP contribution in [0.1, 0.15) is 0 Å². The molecule has 0 unspecified atom stereocenters. The van der Waals surface area contributed by atoms with Crippen molar-refractivity contribution in [3.8, 4) is 0 Å². The Hall–Kier alpha value is -0.544. The molecule has 10 heavy (non-hydrogen) atoms. The second-order valence-electron chi connectivity index (χ2n) is 0.476. The molecule has 0 atom stereocenters. The lowest BCUT2D eigenvalue weighted by Crippen LogP contribution is -1.81. The third-order valence-electron chi connectivity index (χ3n) is 0. The van der Waals surface area contributed by atoms with Gasteiger partial charge in [0.05, 0.1) is 0 Å². The Morgan fingerprint density at radius 2 is 1.00 bits per heavy atom. The quantitative estimate of drug-likeness (QED) is 0.280. The molecular formula is H5ClMgN2O6. The summed E-state index contributed by atoms with van der Waals surface area (Å²) >= 11 is 0. The number of halogens is 1. The van der Waals surface area contributed by atoms with Crippen molar-refractivity contribution in [1.82, 2.24) is 0 Å². The molecule has 0 aromatic rings. The average Bonchev–Trinajstić information content (AvgIpc) is 1.25. The first-order chi connectivity index (χ1) is 3.46. The van der Waals surface area contributed by atoms with Crippen molar-refractivity contribution < 1.29 is 20.6 Å². The van der Waals surface area contributed by atoms with Gasteiger partial charge in [-0.3, -0.25) is 0 Å². The van der Waals surface area contributed by atoms with Crippen LogP contribution in [0, 0.1) is 20.2 Å². The van der Waals surface area contributed by atoms with Crippen molar-refractivity contribution in [2.24, 2.45) is 0 Å². The lowest BCUT2D eigenvalue weighted by atomic mass is 13.1. The largest absolute Gasteiger partial charge is 0.328 e. The van der Waals surface area contributed by atoms with Gasteiger partial charge in [-0.2, -0.15) is 0 Å². The highest BCUT2D eigenvalue weighted by molar-refractivity contribution is 5.85. The molecule has 2 N–H and O–H groups in total. The molecule has 0 spiro atoms. The lowest BCUT2D eigenvalue weighted by Gasteiger charge is -1.56. The first-order valence-electron chi connectivity index (χ1n) is 1.13. The van der Waals surface area contributed by atoms with E-state index >= 15 is 0 Å². The third kappa shape index (κ3) is 1050. The van der Waals surface area contributed by atoms with E-state index in [0.717, 1.165) is 0 Å². The van der Waals surface area contributed by atoms with Gasteiger partial charge in [-0.05, 0) is 0 Å². The van der Waals surface area contributed by atoms with E-state index in [1.54, 1.807) is 0 Å². The van der Waals surface area contributed by atoms with Gasteiger partial charge in [-0.25, -0.2) is 0 Å². The maximum absolute atomic E-state index is 8.36. The van der Waals surface area contributed by atoms with Gasteiger partial charge in [0.2, 0.25) is 0 Å². The summed E-state index contributed by atoms with van der Waals surface area (Å²) in [5.41, 5.74) is 0. The first-order valence-corrected chi connectivity index (χ1v) is 1.13. The van der Waals surface area contributed by atoms with E-state index in [2.05, 4.69) is 0 Å². The fourth-order valence-electron chi connectivity index (χ4n) is 0. The van der Waals surface area contributed by atoms with Crippen molar-refractivity contribution in [2.75, 3.05) is 0 Å². The van der Waals surface area contributed by atoms with Crippen LogP contribution in [0.2, 0.25) is 0 Å². The second-order valence-corrected chi connectivity index (χ2v) is 0.476. The zero-order valence-corrected chi connectivity index (χ0v) is 4.65. The maximum atomic E-state index is 8.36. The molecule has 0 amide bonds. The smallest absolute Gasteiger partial charge is 0.316 e. The van der Waals surface area contributed by atoms with Crippen molar-refractivity contribution in [2.45, 2.75) is 0 Å². The van der Waals surface area contributed by atoms with Crippen LogP contribution in [0.3, 0.4) is 0 Å². The Bertz CT molecular complexity index is 73.7. The Kier molecular flexibility index (Phi) is 35.9. The highest BCUT2D eigenvalue weighted by atomic mass is 35.5. The van der Waals surface area contributed by atoms with E-state index in [9.17, 15) is 0 Å². The maximum Gasteiger partial charge on any atom is 0.316 e. The highest BCUT2D eigenvalue weighted by Crippen LogP contribution is 1.38. The topological polar surface area (TPSA) is 127 Å². The number of hydrogen-bond donors (Lipinski definition) is 2. The third-order valence-corrected chi connectivity index (χ3v) is 0. The van der Waals surface area contributed by atoms with Crippen LogP contribution in [0.5, 0.6) is 0 Å². The molecule has 60 valence electrons. The predicted molar refractivity (Wildman–Crippen MR) is 33.4 cm³/mol. The van der Waals surface area contributed by atoms with Crippen molar-refractivity contribution >= 4 is 35.5 Å². The van der Waals surface area contributed by atoms with Crippen LogP contribution in [0.15, 0.2) is 0 Å². The minimum Gasteiger partial charge on any atom is -0.328 e. The van der Waals surface area contributed by atoms with E-state index in [-0.39, 0.29) is 35.5 Å². The van der Waals surface area contributed by atoms with Gasteiger partial charge in [-0.15, -0.1) is 32.6 Å². The van der Waals surface area contributed by atoms with Crippen LogP contribution in [-0.2, 0) is 0 Å². The number of rotatable bonds is 0. The van der Waals surface area contributed by atoms with E-state index < -0.39 is 10.2 Å². The predicted octanol–water partition coefficient (Wildman–Crippen LogP) is -1.19. The van der Waals surface area contributed by atoms with Gasteiger partial charge >= 0.3 is 23.1 Å². The summed E-state index contributed by atoms with van der Waals surface area (Å²) in [7, 11) is 0. The summed E-state index contributed by atoms with van der Waals surface area (Å²) in [6, 6.07) is 0. The van der Waals surface area contributed by atoms with Crippen molar-refractivity contribution in [1.29, 1.82) is 0 Å². The Labute approximate surface area is 76.6 Å². The van der Waals surface area contributed by atoms with Crippen LogP contribution in [0.25, 0.3) is 0 Å². The summed E-state index contributed by atoms with van der Waals surface area (Å²) in [5, 5.41) is 27.3. The Balaban J connectivity index is -0.0000000300. The number of nitrogens with zero attached hydrogens (tertiary/aromatic N) is 2. The molecule has 8 nitrogen and oxygen atoms in total. The molecule has 0 bridgehead atoms. The Morgan fingerprint density at radius 1 is 1.00 bits per heavy atom. The summed E-state index contributed by atoms with van der Waals surface area (Å²) in [4.78, 5) is 16.7. The van der Waals surface area contributed by atoms with Crippen molar-refractivity contribution in [3.63, 3.8) is 0 Å². The van der Waals surface area contributed by atoms with Gasteiger partial charge in [0.1, 0.15) is 0 Å². The normalized spacial score (nSPS) is 4.80. The molecule has 0 fully saturated rings. The summed E-state index contributed by atoms with van der Waals surface area (Å²) in [6.07, 6.45) is 0. The minimum absolute atomic E-state index is 0. The number of hydrogen-bond acceptors (Lipinski definition) is 4. The lowest BCUT2D eigenvalue weighted by molar-refractivity contribution is -0.742. The van der Waals surface area contributed by atoms with Gasteiger partial charge in [-0.1, -0.05) is 0 Å². The minimum atomic E-state index is -1.50. The molecule has 0 rings (SSSR count). The van der Waals surface area contributed by atoms with Gasteiger partial charge in [0.15, 0.2) is 0 Å². The van der Waals surface area contributed by atoms with Crippen molar-refractivity contribution in [3.05, 3.63) is 20.2 Å². The summed E-state index contributed by atoms with van der Waals surface area (Å²) in [6.45, 7) is 0. The fraction of sp³-hybridized carbons (Fsp3) is 0. The van der Waals surface area contributed by atoms with Gasteiger partial charge < -0.3 is 10.4 Å². The van der Waals surface area contributed by atoms with E-state index in [1.807, 2.05) is 0 Å². The molecule has 0 saturated carbocycles.